The molecule has 2 aliphatic rings. The highest BCUT2D eigenvalue weighted by Gasteiger charge is 2.63. The Balaban J connectivity index is 2.12. The van der Waals surface area contributed by atoms with Crippen molar-refractivity contribution in [2.45, 2.75) is 24.2 Å². The van der Waals surface area contributed by atoms with Gasteiger partial charge in [0.2, 0.25) is 0 Å². The average molecular weight is 131 g/mol. The Morgan fingerprint density at radius 1 is 1.44 bits per heavy atom. The molecule has 0 amide bonds. The molecule has 3 N–H and O–H groups in total. The van der Waals surface area contributed by atoms with E-state index in [-0.39, 0.29) is 0 Å². The topological polar surface area (TPSA) is 61.7 Å². The number of rotatable bonds is 0. The summed E-state index contributed by atoms with van der Waals surface area (Å²) < 4.78 is 0. The Hall–Kier alpha value is -0.160. The van der Waals surface area contributed by atoms with Gasteiger partial charge < -0.3 is 10.2 Å². The SMILES string of the molecule is OC1C[C@@]12ONC[C@H]2O. The lowest BCUT2D eigenvalue weighted by atomic mass is 10.2. The predicted molar refractivity (Wildman–Crippen MR) is 28.4 cm³/mol. The summed E-state index contributed by atoms with van der Waals surface area (Å²) >= 11 is 0. The normalized spacial score (nSPS) is 56.7. The quantitative estimate of drug-likeness (QED) is 0.370. The Kier molecular flexibility index (Phi) is 0.912. The largest absolute Gasteiger partial charge is 0.390 e. The van der Waals surface area contributed by atoms with Gasteiger partial charge in [0.25, 0.3) is 0 Å². The van der Waals surface area contributed by atoms with Crippen molar-refractivity contribution in [2.75, 3.05) is 6.54 Å². The lowest BCUT2D eigenvalue weighted by Crippen LogP contribution is -2.28. The zero-order chi connectivity index (χ0) is 6.48. The van der Waals surface area contributed by atoms with E-state index in [0.29, 0.717) is 13.0 Å². The monoisotopic (exact) mass is 131 g/mol. The van der Waals surface area contributed by atoms with E-state index in [1.165, 1.54) is 0 Å². The molecule has 1 saturated carbocycles. The number of nitrogens with one attached hydrogen (secondary N) is 1. The summed E-state index contributed by atoms with van der Waals surface area (Å²) in [5, 5.41) is 18.1. The van der Waals surface area contributed by atoms with Gasteiger partial charge in [-0.05, 0) is 0 Å². The summed E-state index contributed by atoms with van der Waals surface area (Å²) in [6.45, 7) is 0.428. The van der Waals surface area contributed by atoms with Gasteiger partial charge in [-0.2, -0.15) is 5.48 Å². The average Bonchev–Trinajstić information content (AvgIpc) is 2.29. The van der Waals surface area contributed by atoms with E-state index in [2.05, 4.69) is 5.48 Å². The number of hydrogen-bond donors (Lipinski definition) is 3. The molecule has 0 bridgehead atoms. The van der Waals surface area contributed by atoms with Crippen LogP contribution < -0.4 is 5.48 Å². The molecule has 1 aliphatic carbocycles. The maximum Gasteiger partial charge on any atom is 0.145 e. The molecule has 52 valence electrons. The van der Waals surface area contributed by atoms with Crippen LogP contribution in [0.25, 0.3) is 0 Å². The molecular weight excluding hydrogens is 122 g/mol. The predicted octanol–water partition coefficient (Wildman–Crippen LogP) is -1.61. The van der Waals surface area contributed by atoms with E-state index in [4.69, 9.17) is 15.1 Å². The summed E-state index contributed by atoms with van der Waals surface area (Å²) in [6.07, 6.45) is -0.448. The first-order valence-electron chi connectivity index (χ1n) is 3.03. The van der Waals surface area contributed by atoms with Crippen LogP contribution in [0.1, 0.15) is 6.42 Å². The smallest absolute Gasteiger partial charge is 0.145 e. The van der Waals surface area contributed by atoms with Crippen LogP contribution in [0.2, 0.25) is 0 Å². The molecule has 0 radical (unpaired) electrons. The molecule has 4 heteroatoms. The molecule has 3 atom stereocenters. The minimum atomic E-state index is -0.639. The fourth-order valence-corrected chi connectivity index (χ4v) is 1.21. The molecule has 0 aromatic carbocycles. The molecule has 0 aromatic heterocycles. The van der Waals surface area contributed by atoms with Crippen molar-refractivity contribution >= 4 is 0 Å². The number of β-amino-alcohol motifs (C(OH)–C–C–N with tert-alkyl or cyclic N) is 1. The van der Waals surface area contributed by atoms with Crippen LogP contribution in [0.15, 0.2) is 0 Å². The van der Waals surface area contributed by atoms with E-state index < -0.39 is 17.8 Å². The molecule has 1 unspecified atom stereocenters. The van der Waals surface area contributed by atoms with Crippen molar-refractivity contribution in [1.29, 1.82) is 0 Å². The zero-order valence-corrected chi connectivity index (χ0v) is 4.87. The van der Waals surface area contributed by atoms with Crippen LogP contribution in [0, 0.1) is 0 Å². The minimum Gasteiger partial charge on any atom is -0.390 e. The summed E-state index contributed by atoms with van der Waals surface area (Å²) in [4.78, 5) is 4.93. The molecule has 0 aromatic rings. The molecule has 1 saturated heterocycles. The summed E-state index contributed by atoms with van der Waals surface area (Å²) in [5.74, 6) is 0. The van der Waals surface area contributed by atoms with E-state index in [1.807, 2.05) is 0 Å². The molecule has 9 heavy (non-hydrogen) atoms. The summed E-state index contributed by atoms with van der Waals surface area (Å²) in [7, 11) is 0. The maximum atomic E-state index is 9.14. The minimum absolute atomic E-state index is 0.428. The summed E-state index contributed by atoms with van der Waals surface area (Å²) in [6, 6.07) is 0. The molecule has 1 heterocycles. The number of aliphatic hydroxyl groups excluding tert-OH is 2. The van der Waals surface area contributed by atoms with E-state index in [1.54, 1.807) is 0 Å². The van der Waals surface area contributed by atoms with Crippen molar-refractivity contribution in [3.8, 4) is 0 Å². The highest BCUT2D eigenvalue weighted by atomic mass is 16.7. The maximum absolute atomic E-state index is 9.14. The van der Waals surface area contributed by atoms with E-state index >= 15 is 0 Å². The highest BCUT2D eigenvalue weighted by Crippen LogP contribution is 2.44. The fraction of sp³-hybridized carbons (Fsp3) is 1.00. The van der Waals surface area contributed by atoms with Crippen LogP contribution in [-0.2, 0) is 4.84 Å². The van der Waals surface area contributed by atoms with Gasteiger partial charge in [0.1, 0.15) is 11.7 Å². The third-order valence-corrected chi connectivity index (χ3v) is 2.02. The van der Waals surface area contributed by atoms with Crippen LogP contribution in [0.4, 0.5) is 0 Å². The first kappa shape index (κ1) is 5.61. The number of hydrogen-bond acceptors (Lipinski definition) is 4. The Labute approximate surface area is 52.4 Å². The van der Waals surface area contributed by atoms with Gasteiger partial charge in [-0.15, -0.1) is 0 Å². The van der Waals surface area contributed by atoms with Crippen molar-refractivity contribution in [2.24, 2.45) is 0 Å². The second-order valence-electron chi connectivity index (χ2n) is 2.64. The third kappa shape index (κ3) is 0.561. The van der Waals surface area contributed by atoms with Crippen LogP contribution in [-0.4, -0.2) is 34.6 Å². The molecule has 4 nitrogen and oxygen atoms in total. The van der Waals surface area contributed by atoms with Crippen LogP contribution in [0.5, 0.6) is 0 Å². The van der Waals surface area contributed by atoms with Crippen molar-refractivity contribution in [3.05, 3.63) is 0 Å². The van der Waals surface area contributed by atoms with Gasteiger partial charge in [0, 0.05) is 6.42 Å². The Morgan fingerprint density at radius 2 is 2.11 bits per heavy atom. The lowest BCUT2D eigenvalue weighted by molar-refractivity contribution is -0.0453. The molecule has 2 fully saturated rings. The first-order valence-corrected chi connectivity index (χ1v) is 3.03. The van der Waals surface area contributed by atoms with Crippen molar-refractivity contribution in [3.63, 3.8) is 0 Å². The van der Waals surface area contributed by atoms with Gasteiger partial charge in [0.15, 0.2) is 0 Å². The lowest BCUT2D eigenvalue weighted by Gasteiger charge is -2.07. The van der Waals surface area contributed by atoms with E-state index in [0.717, 1.165) is 0 Å². The van der Waals surface area contributed by atoms with Crippen LogP contribution >= 0.6 is 0 Å². The van der Waals surface area contributed by atoms with Gasteiger partial charge in [0.05, 0.1) is 12.6 Å². The second-order valence-corrected chi connectivity index (χ2v) is 2.64. The highest BCUT2D eigenvalue weighted by molar-refractivity contribution is 5.13. The van der Waals surface area contributed by atoms with Crippen molar-refractivity contribution < 1.29 is 15.1 Å². The molecular formula is C5H9NO3. The Morgan fingerprint density at radius 3 is 2.33 bits per heavy atom. The van der Waals surface area contributed by atoms with Crippen molar-refractivity contribution in [1.82, 2.24) is 5.48 Å². The van der Waals surface area contributed by atoms with Gasteiger partial charge in [-0.1, -0.05) is 0 Å². The van der Waals surface area contributed by atoms with Gasteiger partial charge in [-0.25, -0.2) is 0 Å². The second kappa shape index (κ2) is 1.46. The van der Waals surface area contributed by atoms with Gasteiger partial charge in [-0.3, -0.25) is 4.84 Å². The Bertz CT molecular complexity index is 140. The van der Waals surface area contributed by atoms with E-state index in [9.17, 15) is 0 Å². The molecule has 1 aliphatic heterocycles. The van der Waals surface area contributed by atoms with Gasteiger partial charge >= 0.3 is 0 Å². The fourth-order valence-electron chi connectivity index (χ4n) is 1.21. The van der Waals surface area contributed by atoms with Crippen LogP contribution in [0.3, 0.4) is 0 Å². The molecule has 1 spiro atoms. The third-order valence-electron chi connectivity index (χ3n) is 2.02. The zero-order valence-electron chi connectivity index (χ0n) is 4.87. The number of aliphatic hydroxyl groups is 2. The first-order chi connectivity index (χ1) is 4.26. The number of hydroxylamine groups is 1. The standard InChI is InChI=1S/C5H9NO3/c7-3-1-5(3)4(8)2-6-9-5/h3-4,6-8H,1-2H2/t3?,4-,5-/m1/s1. The molecule has 2 rings (SSSR count). The summed E-state index contributed by atoms with van der Waals surface area (Å²) in [5.41, 5.74) is 1.91.